The van der Waals surface area contributed by atoms with Crippen LogP contribution in [0.15, 0.2) is 30.3 Å². The summed E-state index contributed by atoms with van der Waals surface area (Å²) in [6.45, 7) is 1.68. The molecule has 2 aromatic rings. The Morgan fingerprint density at radius 3 is 2.58 bits per heavy atom. The summed E-state index contributed by atoms with van der Waals surface area (Å²) in [4.78, 5) is 20.9. The van der Waals surface area contributed by atoms with Gasteiger partial charge in [-0.05, 0) is 37.6 Å². The number of sulfone groups is 1. The van der Waals surface area contributed by atoms with Gasteiger partial charge in [-0.1, -0.05) is 0 Å². The summed E-state index contributed by atoms with van der Waals surface area (Å²) < 4.78 is 28.2. The van der Waals surface area contributed by atoms with Gasteiger partial charge in [0, 0.05) is 17.8 Å². The van der Waals surface area contributed by atoms with Gasteiger partial charge in [-0.3, -0.25) is 4.79 Å². The average molecular weight is 376 g/mol. The molecule has 138 valence electrons. The molecule has 1 fully saturated rings. The molecule has 3 rings (SSSR count). The number of carbonyl (C=O) groups excluding carboxylic acids is 1. The number of hydrogen-bond donors (Lipinski definition) is 2. The van der Waals surface area contributed by atoms with E-state index in [-0.39, 0.29) is 29.1 Å². The molecule has 1 aromatic carbocycles. The molecule has 1 aliphatic heterocycles. The second-order valence-corrected chi connectivity index (χ2v) is 8.34. The smallest absolute Gasteiger partial charge is 0.274 e. The minimum Gasteiger partial charge on any atom is -0.497 e. The third kappa shape index (κ3) is 4.48. The third-order valence-corrected chi connectivity index (χ3v) is 5.77. The van der Waals surface area contributed by atoms with E-state index in [2.05, 4.69) is 20.6 Å². The fourth-order valence-corrected chi connectivity index (χ4v) is 4.42. The highest BCUT2D eigenvalue weighted by Gasteiger charge is 2.28. The van der Waals surface area contributed by atoms with Gasteiger partial charge in [0.1, 0.15) is 23.1 Å². The van der Waals surface area contributed by atoms with Gasteiger partial charge in [0.15, 0.2) is 9.84 Å². The van der Waals surface area contributed by atoms with Crippen LogP contribution in [0.1, 0.15) is 22.7 Å². The second-order valence-electron chi connectivity index (χ2n) is 6.11. The highest BCUT2D eigenvalue weighted by Crippen LogP contribution is 2.18. The molecule has 26 heavy (non-hydrogen) atoms. The van der Waals surface area contributed by atoms with Crippen molar-refractivity contribution in [1.82, 2.24) is 9.97 Å². The fraction of sp³-hybridized carbons (Fsp3) is 0.353. The normalized spacial score (nSPS) is 18.3. The van der Waals surface area contributed by atoms with E-state index in [0.29, 0.717) is 29.5 Å². The predicted molar refractivity (Wildman–Crippen MR) is 98.4 cm³/mol. The lowest BCUT2D eigenvalue weighted by molar-refractivity contribution is 0.102. The molecule has 0 aliphatic carbocycles. The molecule has 1 unspecified atom stereocenters. The van der Waals surface area contributed by atoms with Crippen LogP contribution in [-0.4, -0.2) is 49.0 Å². The van der Waals surface area contributed by atoms with Gasteiger partial charge in [0.2, 0.25) is 0 Å². The van der Waals surface area contributed by atoms with Crippen molar-refractivity contribution in [3.63, 3.8) is 0 Å². The molecule has 1 aliphatic rings. The van der Waals surface area contributed by atoms with Crippen molar-refractivity contribution in [1.29, 1.82) is 0 Å². The number of amides is 1. The van der Waals surface area contributed by atoms with Crippen molar-refractivity contribution in [2.45, 2.75) is 19.4 Å². The van der Waals surface area contributed by atoms with Crippen LogP contribution < -0.4 is 15.4 Å². The quantitative estimate of drug-likeness (QED) is 0.816. The molecule has 1 saturated heterocycles. The molecule has 1 aromatic heterocycles. The van der Waals surface area contributed by atoms with Gasteiger partial charge in [-0.25, -0.2) is 18.4 Å². The lowest BCUT2D eigenvalue weighted by Gasteiger charge is -2.13. The zero-order valence-corrected chi connectivity index (χ0v) is 15.3. The molecular formula is C17H20N4O4S. The van der Waals surface area contributed by atoms with E-state index in [9.17, 15) is 13.2 Å². The Kier molecular flexibility index (Phi) is 5.08. The van der Waals surface area contributed by atoms with Crippen LogP contribution in [0.2, 0.25) is 0 Å². The molecule has 0 spiro atoms. The predicted octanol–water partition coefficient (Wildman–Crippen LogP) is 1.64. The first-order valence-corrected chi connectivity index (χ1v) is 9.95. The van der Waals surface area contributed by atoms with Crippen molar-refractivity contribution in [3.8, 4) is 5.75 Å². The number of methoxy groups -OCH3 is 1. The fourth-order valence-electron chi connectivity index (χ4n) is 2.75. The number of anilines is 2. The summed E-state index contributed by atoms with van der Waals surface area (Å²) in [5.41, 5.74) is 0.820. The van der Waals surface area contributed by atoms with E-state index < -0.39 is 9.84 Å². The Bertz CT molecular complexity index is 913. The Labute approximate surface area is 151 Å². The zero-order chi connectivity index (χ0) is 18.7. The molecule has 0 radical (unpaired) electrons. The summed E-state index contributed by atoms with van der Waals surface area (Å²) in [5.74, 6) is 1.43. The first-order chi connectivity index (χ1) is 12.3. The molecule has 1 atom stereocenters. The molecule has 1 amide bonds. The summed E-state index contributed by atoms with van der Waals surface area (Å²) >= 11 is 0. The Morgan fingerprint density at radius 1 is 1.23 bits per heavy atom. The minimum atomic E-state index is -2.99. The lowest BCUT2D eigenvalue weighted by atomic mass is 10.2. The molecule has 2 N–H and O–H groups in total. The van der Waals surface area contributed by atoms with Gasteiger partial charge in [0.05, 0.1) is 18.6 Å². The number of rotatable bonds is 5. The minimum absolute atomic E-state index is 0.0728. The van der Waals surface area contributed by atoms with Gasteiger partial charge in [-0.15, -0.1) is 0 Å². The Hall–Kier alpha value is -2.68. The van der Waals surface area contributed by atoms with Crippen LogP contribution in [0.4, 0.5) is 11.5 Å². The van der Waals surface area contributed by atoms with Crippen LogP contribution in [0.25, 0.3) is 0 Å². The van der Waals surface area contributed by atoms with Crippen LogP contribution in [-0.2, 0) is 9.84 Å². The maximum Gasteiger partial charge on any atom is 0.274 e. The number of hydrogen-bond acceptors (Lipinski definition) is 7. The largest absolute Gasteiger partial charge is 0.497 e. The SMILES string of the molecule is COc1ccc(NC(=O)c2cc(NC3CCS(=O)(=O)C3)nc(C)n2)cc1. The van der Waals surface area contributed by atoms with Gasteiger partial charge in [0.25, 0.3) is 5.91 Å². The monoisotopic (exact) mass is 376 g/mol. The van der Waals surface area contributed by atoms with Crippen molar-refractivity contribution >= 4 is 27.2 Å². The zero-order valence-electron chi connectivity index (χ0n) is 14.5. The Balaban J connectivity index is 1.72. The van der Waals surface area contributed by atoms with E-state index in [1.807, 2.05) is 0 Å². The highest BCUT2D eigenvalue weighted by molar-refractivity contribution is 7.91. The average Bonchev–Trinajstić information content (AvgIpc) is 2.93. The first-order valence-electron chi connectivity index (χ1n) is 8.13. The standard InChI is InChI=1S/C17H20N4O4S/c1-11-18-15(17(22)21-12-3-5-14(25-2)6-4-12)9-16(19-11)20-13-7-8-26(23,24)10-13/h3-6,9,13H,7-8,10H2,1-2H3,(H,21,22)(H,18,19,20). The van der Waals surface area contributed by atoms with Crippen molar-refractivity contribution in [2.75, 3.05) is 29.2 Å². The Morgan fingerprint density at radius 2 is 1.96 bits per heavy atom. The number of carbonyl (C=O) groups is 1. The summed E-state index contributed by atoms with van der Waals surface area (Å²) in [5, 5.41) is 5.85. The highest BCUT2D eigenvalue weighted by atomic mass is 32.2. The number of ether oxygens (including phenoxy) is 1. The van der Waals surface area contributed by atoms with Gasteiger partial charge in [-0.2, -0.15) is 0 Å². The van der Waals surface area contributed by atoms with Gasteiger partial charge >= 0.3 is 0 Å². The van der Waals surface area contributed by atoms with Gasteiger partial charge < -0.3 is 15.4 Å². The second kappa shape index (κ2) is 7.28. The molecule has 9 heteroatoms. The molecule has 0 saturated carbocycles. The molecule has 0 bridgehead atoms. The number of aryl methyl sites for hydroxylation is 1. The number of nitrogens with zero attached hydrogens (tertiary/aromatic N) is 2. The maximum absolute atomic E-state index is 12.5. The third-order valence-electron chi connectivity index (χ3n) is 4.00. The molecule has 2 heterocycles. The van der Waals surface area contributed by atoms with Crippen LogP contribution >= 0.6 is 0 Å². The first kappa shape index (κ1) is 18.1. The maximum atomic E-state index is 12.5. The van der Waals surface area contributed by atoms with Crippen molar-refractivity contribution in [3.05, 3.63) is 41.9 Å². The van der Waals surface area contributed by atoms with E-state index in [4.69, 9.17) is 4.74 Å². The number of nitrogens with one attached hydrogen (secondary N) is 2. The van der Waals surface area contributed by atoms with Crippen LogP contribution in [0.3, 0.4) is 0 Å². The number of benzene rings is 1. The molecule has 8 nitrogen and oxygen atoms in total. The van der Waals surface area contributed by atoms with E-state index in [1.54, 1.807) is 38.3 Å². The van der Waals surface area contributed by atoms with E-state index >= 15 is 0 Å². The van der Waals surface area contributed by atoms with Crippen molar-refractivity contribution in [2.24, 2.45) is 0 Å². The van der Waals surface area contributed by atoms with E-state index in [0.717, 1.165) is 0 Å². The van der Waals surface area contributed by atoms with Crippen LogP contribution in [0.5, 0.6) is 5.75 Å². The topological polar surface area (TPSA) is 110 Å². The summed E-state index contributed by atoms with van der Waals surface area (Å²) in [6, 6.07) is 8.27. The summed E-state index contributed by atoms with van der Waals surface area (Å²) in [7, 11) is -1.42. The lowest BCUT2D eigenvalue weighted by Crippen LogP contribution is -2.22. The van der Waals surface area contributed by atoms with E-state index in [1.165, 1.54) is 6.07 Å². The van der Waals surface area contributed by atoms with Crippen molar-refractivity contribution < 1.29 is 17.9 Å². The van der Waals surface area contributed by atoms with Crippen LogP contribution in [0, 0.1) is 6.92 Å². The molecular weight excluding hydrogens is 356 g/mol. The summed E-state index contributed by atoms with van der Waals surface area (Å²) in [6.07, 6.45) is 0.527. The number of aromatic nitrogens is 2.